The van der Waals surface area contributed by atoms with Crippen molar-refractivity contribution in [1.82, 2.24) is 15.2 Å². The van der Waals surface area contributed by atoms with Gasteiger partial charge in [0.2, 0.25) is 11.8 Å². The summed E-state index contributed by atoms with van der Waals surface area (Å²) in [5.41, 5.74) is 1.85. The second-order valence-electron chi connectivity index (χ2n) is 6.05. The Labute approximate surface area is 159 Å². The molecule has 0 radical (unpaired) electrons. The zero-order valence-corrected chi connectivity index (χ0v) is 15.9. The van der Waals surface area contributed by atoms with E-state index in [1.54, 1.807) is 18.0 Å². The number of nitrogens with one attached hydrogen (secondary N) is 1. The number of hydrogen-bond donors (Lipinski definition) is 1. The zero-order valence-electron chi connectivity index (χ0n) is 14.3. The molecular formula is C18H24ClN3O2S. The maximum Gasteiger partial charge on any atom is 0.232 e. The van der Waals surface area contributed by atoms with E-state index in [4.69, 9.17) is 4.42 Å². The summed E-state index contributed by atoms with van der Waals surface area (Å²) in [6.07, 6.45) is 2.78. The monoisotopic (exact) mass is 381 g/mol. The number of carbonyl (C=O) groups is 1. The molecule has 1 aromatic heterocycles. The van der Waals surface area contributed by atoms with E-state index < -0.39 is 0 Å². The van der Waals surface area contributed by atoms with Crippen molar-refractivity contribution >= 4 is 30.1 Å². The van der Waals surface area contributed by atoms with Gasteiger partial charge in [0, 0.05) is 24.4 Å². The number of aromatic nitrogens is 1. The lowest BCUT2D eigenvalue weighted by atomic mass is 10.1. The number of rotatable bonds is 7. The number of amides is 1. The lowest BCUT2D eigenvalue weighted by Crippen LogP contribution is -2.31. The fourth-order valence-corrected chi connectivity index (χ4v) is 3.74. The van der Waals surface area contributed by atoms with Crippen molar-refractivity contribution in [2.45, 2.75) is 12.2 Å². The van der Waals surface area contributed by atoms with Gasteiger partial charge in [0.25, 0.3) is 0 Å². The van der Waals surface area contributed by atoms with E-state index in [0.717, 1.165) is 37.3 Å². The van der Waals surface area contributed by atoms with Crippen LogP contribution in [0.2, 0.25) is 0 Å². The number of thioether (sulfide) groups is 1. The van der Waals surface area contributed by atoms with Gasteiger partial charge in [-0.15, -0.1) is 24.2 Å². The van der Waals surface area contributed by atoms with Crippen LogP contribution in [0.1, 0.15) is 12.1 Å². The first kappa shape index (κ1) is 19.8. The Bertz CT molecular complexity index is 665. The molecule has 2 heterocycles. The molecule has 1 amide bonds. The predicted molar refractivity (Wildman–Crippen MR) is 104 cm³/mol. The Hall–Kier alpha value is -1.50. The Balaban J connectivity index is 0.00000225. The molecule has 1 fully saturated rings. The highest BCUT2D eigenvalue weighted by Crippen LogP contribution is 2.21. The fraction of sp³-hybridized carbons (Fsp3) is 0.444. The standard InChI is InChI=1S/C18H23N3O2S.ClH/c1-19-9-14-7-8-21(10-14)17(22)13-24-12-16-11-23-18(20-16)15-5-3-2-4-6-15;/h2-6,11,14,19H,7-10,12-13H2,1H3;1H. The van der Waals surface area contributed by atoms with Crippen LogP contribution in [0.3, 0.4) is 0 Å². The molecule has 1 unspecified atom stereocenters. The molecule has 1 aromatic carbocycles. The third-order valence-electron chi connectivity index (χ3n) is 4.18. The number of carbonyl (C=O) groups excluding carboxylic acids is 1. The molecule has 2 aromatic rings. The van der Waals surface area contributed by atoms with Crippen LogP contribution in [0.5, 0.6) is 0 Å². The third-order valence-corrected chi connectivity index (χ3v) is 5.13. The van der Waals surface area contributed by atoms with Crippen LogP contribution < -0.4 is 5.32 Å². The van der Waals surface area contributed by atoms with Crippen LogP contribution in [-0.2, 0) is 10.5 Å². The van der Waals surface area contributed by atoms with Gasteiger partial charge in [-0.3, -0.25) is 4.79 Å². The van der Waals surface area contributed by atoms with E-state index in [1.807, 2.05) is 42.3 Å². The first-order valence-electron chi connectivity index (χ1n) is 8.26. The number of halogens is 1. The molecule has 1 aliphatic rings. The minimum Gasteiger partial charge on any atom is -0.444 e. The molecule has 0 spiro atoms. The maximum absolute atomic E-state index is 12.3. The first-order valence-corrected chi connectivity index (χ1v) is 9.41. The number of oxazole rings is 1. The lowest BCUT2D eigenvalue weighted by molar-refractivity contribution is -0.127. The molecular weight excluding hydrogens is 358 g/mol. The molecule has 1 N–H and O–H groups in total. The molecule has 25 heavy (non-hydrogen) atoms. The number of hydrogen-bond acceptors (Lipinski definition) is 5. The Morgan fingerprint density at radius 3 is 2.96 bits per heavy atom. The molecule has 1 aliphatic heterocycles. The van der Waals surface area contributed by atoms with Crippen molar-refractivity contribution in [3.8, 4) is 11.5 Å². The van der Waals surface area contributed by atoms with Crippen molar-refractivity contribution in [2.24, 2.45) is 5.92 Å². The summed E-state index contributed by atoms with van der Waals surface area (Å²) in [5.74, 6) is 2.64. The average Bonchev–Trinajstić information content (AvgIpc) is 3.26. The van der Waals surface area contributed by atoms with Crippen molar-refractivity contribution in [1.29, 1.82) is 0 Å². The second-order valence-corrected chi connectivity index (χ2v) is 7.04. The molecule has 0 bridgehead atoms. The van der Waals surface area contributed by atoms with Crippen LogP contribution >= 0.6 is 24.2 Å². The van der Waals surface area contributed by atoms with E-state index >= 15 is 0 Å². The third kappa shape index (κ3) is 5.49. The van der Waals surface area contributed by atoms with Gasteiger partial charge in [-0.2, -0.15) is 0 Å². The molecule has 1 atom stereocenters. The SMILES string of the molecule is CNCC1CCN(C(=O)CSCc2coc(-c3ccccc3)n2)C1.Cl. The van der Waals surface area contributed by atoms with Gasteiger partial charge in [-0.1, -0.05) is 18.2 Å². The summed E-state index contributed by atoms with van der Waals surface area (Å²) in [6.45, 7) is 2.74. The highest BCUT2D eigenvalue weighted by Gasteiger charge is 2.25. The van der Waals surface area contributed by atoms with Gasteiger partial charge in [-0.05, 0) is 38.1 Å². The molecule has 3 rings (SSSR count). The van der Waals surface area contributed by atoms with Crippen LogP contribution in [0.4, 0.5) is 0 Å². The van der Waals surface area contributed by atoms with Gasteiger partial charge in [0.05, 0.1) is 11.4 Å². The second kappa shape index (κ2) is 9.85. The van der Waals surface area contributed by atoms with Crippen molar-refractivity contribution in [3.63, 3.8) is 0 Å². The van der Waals surface area contributed by atoms with Crippen molar-refractivity contribution in [3.05, 3.63) is 42.3 Å². The van der Waals surface area contributed by atoms with Gasteiger partial charge >= 0.3 is 0 Å². The van der Waals surface area contributed by atoms with Gasteiger partial charge in [0.15, 0.2) is 0 Å². The maximum atomic E-state index is 12.3. The predicted octanol–water partition coefficient (Wildman–Crippen LogP) is 3.06. The van der Waals surface area contributed by atoms with Gasteiger partial charge < -0.3 is 14.6 Å². The molecule has 1 saturated heterocycles. The summed E-state index contributed by atoms with van der Waals surface area (Å²) in [6, 6.07) is 9.84. The number of benzene rings is 1. The summed E-state index contributed by atoms with van der Waals surface area (Å²) >= 11 is 1.60. The van der Waals surface area contributed by atoms with Gasteiger partial charge in [-0.25, -0.2) is 4.98 Å². The zero-order chi connectivity index (χ0) is 16.8. The topological polar surface area (TPSA) is 58.4 Å². The Kier molecular flexibility index (Phi) is 7.81. The van der Waals surface area contributed by atoms with Crippen LogP contribution in [0, 0.1) is 5.92 Å². The smallest absolute Gasteiger partial charge is 0.232 e. The van der Waals surface area contributed by atoms with E-state index in [0.29, 0.717) is 23.3 Å². The Morgan fingerprint density at radius 1 is 1.40 bits per heavy atom. The van der Waals surface area contributed by atoms with Crippen molar-refractivity contribution < 1.29 is 9.21 Å². The first-order chi connectivity index (χ1) is 11.8. The van der Waals surface area contributed by atoms with Crippen LogP contribution in [0.15, 0.2) is 41.0 Å². The van der Waals surface area contributed by atoms with E-state index in [2.05, 4.69) is 10.3 Å². The molecule has 5 nitrogen and oxygen atoms in total. The van der Waals surface area contributed by atoms with E-state index in [1.165, 1.54) is 0 Å². The average molecular weight is 382 g/mol. The van der Waals surface area contributed by atoms with Gasteiger partial charge in [0.1, 0.15) is 6.26 Å². The molecule has 136 valence electrons. The molecule has 0 saturated carbocycles. The number of likely N-dealkylation sites (tertiary alicyclic amines) is 1. The van der Waals surface area contributed by atoms with Crippen molar-refractivity contribution in [2.75, 3.05) is 32.4 Å². The summed E-state index contributed by atoms with van der Waals surface area (Å²) in [7, 11) is 1.96. The highest BCUT2D eigenvalue weighted by atomic mass is 35.5. The summed E-state index contributed by atoms with van der Waals surface area (Å²) in [4.78, 5) is 18.7. The number of nitrogens with zero attached hydrogens (tertiary/aromatic N) is 2. The summed E-state index contributed by atoms with van der Waals surface area (Å²) < 4.78 is 5.52. The summed E-state index contributed by atoms with van der Waals surface area (Å²) in [5, 5.41) is 3.19. The van der Waals surface area contributed by atoms with Crippen LogP contribution in [-0.4, -0.2) is 48.2 Å². The highest BCUT2D eigenvalue weighted by molar-refractivity contribution is 7.99. The Morgan fingerprint density at radius 2 is 2.20 bits per heavy atom. The van der Waals surface area contributed by atoms with E-state index in [-0.39, 0.29) is 18.3 Å². The minimum absolute atomic E-state index is 0. The fourth-order valence-electron chi connectivity index (χ4n) is 2.94. The molecule has 0 aliphatic carbocycles. The van der Waals surface area contributed by atoms with Crippen LogP contribution in [0.25, 0.3) is 11.5 Å². The lowest BCUT2D eigenvalue weighted by Gasteiger charge is -2.16. The normalized spacial score (nSPS) is 16.7. The molecule has 7 heteroatoms. The van der Waals surface area contributed by atoms with E-state index in [9.17, 15) is 4.79 Å². The quantitative estimate of drug-likeness (QED) is 0.798. The minimum atomic E-state index is 0. The largest absolute Gasteiger partial charge is 0.444 e.